The van der Waals surface area contributed by atoms with E-state index in [0.29, 0.717) is 12.5 Å². The highest BCUT2D eigenvalue weighted by atomic mass is 16.1. The molecule has 0 fully saturated rings. The second-order valence-corrected chi connectivity index (χ2v) is 5.84. The topological polar surface area (TPSA) is 70.9 Å². The minimum absolute atomic E-state index is 0.265. The van der Waals surface area contributed by atoms with Gasteiger partial charge in [0.05, 0.1) is 6.04 Å². The van der Waals surface area contributed by atoms with Crippen molar-refractivity contribution < 1.29 is 4.79 Å². The monoisotopic (exact) mass is 273 g/mol. The quantitative estimate of drug-likeness (QED) is 0.756. The number of aryl methyl sites for hydroxylation is 1. The third kappa shape index (κ3) is 3.61. The van der Waals surface area contributed by atoms with Gasteiger partial charge in [0.25, 0.3) is 0 Å². The van der Waals surface area contributed by atoms with Crippen molar-refractivity contribution in [1.29, 1.82) is 0 Å². The Morgan fingerprint density at radius 2 is 2.10 bits per heavy atom. The maximum Gasteiger partial charge on any atom is 0.234 e. The van der Waals surface area contributed by atoms with Crippen molar-refractivity contribution in [3.8, 4) is 0 Å². The van der Waals surface area contributed by atoms with E-state index in [1.807, 2.05) is 6.92 Å². The lowest BCUT2D eigenvalue weighted by atomic mass is 10.0. The molecule has 0 aliphatic rings. The van der Waals surface area contributed by atoms with E-state index in [4.69, 9.17) is 5.73 Å². The SMILES string of the molecule is Cc1cc2cc(CN[C@H](CC(C)C)C(N)=O)ccc2[nH]1. The number of benzene rings is 1. The van der Waals surface area contributed by atoms with Crippen LogP contribution in [0.1, 0.15) is 31.5 Å². The number of hydrogen-bond donors (Lipinski definition) is 3. The van der Waals surface area contributed by atoms with Crippen LogP contribution in [0, 0.1) is 12.8 Å². The highest BCUT2D eigenvalue weighted by molar-refractivity contribution is 5.81. The molecule has 2 rings (SSSR count). The number of hydrogen-bond acceptors (Lipinski definition) is 2. The minimum Gasteiger partial charge on any atom is -0.368 e. The zero-order chi connectivity index (χ0) is 14.7. The summed E-state index contributed by atoms with van der Waals surface area (Å²) in [6.45, 7) is 6.88. The van der Waals surface area contributed by atoms with Crippen LogP contribution in [0.15, 0.2) is 24.3 Å². The molecular formula is C16H23N3O. The highest BCUT2D eigenvalue weighted by Gasteiger charge is 2.16. The van der Waals surface area contributed by atoms with Gasteiger partial charge < -0.3 is 16.0 Å². The Balaban J connectivity index is 2.05. The van der Waals surface area contributed by atoms with E-state index in [2.05, 4.69) is 48.4 Å². The number of rotatable bonds is 6. The van der Waals surface area contributed by atoms with Gasteiger partial charge in [-0.2, -0.15) is 0 Å². The van der Waals surface area contributed by atoms with Gasteiger partial charge in [-0.25, -0.2) is 0 Å². The molecule has 1 aromatic carbocycles. The minimum atomic E-state index is -0.280. The predicted octanol–water partition coefficient (Wildman–Crippen LogP) is 2.47. The molecular weight excluding hydrogens is 250 g/mol. The lowest BCUT2D eigenvalue weighted by Gasteiger charge is -2.17. The summed E-state index contributed by atoms with van der Waals surface area (Å²) in [5.74, 6) is 0.159. The summed E-state index contributed by atoms with van der Waals surface area (Å²) < 4.78 is 0. The van der Waals surface area contributed by atoms with Gasteiger partial charge in [0.15, 0.2) is 0 Å². The number of primary amides is 1. The summed E-state index contributed by atoms with van der Waals surface area (Å²) in [6, 6.07) is 8.14. The molecule has 0 unspecified atom stereocenters. The summed E-state index contributed by atoms with van der Waals surface area (Å²) >= 11 is 0. The standard InChI is InChI=1S/C16H23N3O/c1-10(2)6-15(16(17)20)18-9-12-4-5-14-13(8-12)7-11(3)19-14/h4-5,7-8,10,15,18-19H,6,9H2,1-3H3,(H2,17,20)/t15-/m1/s1. The summed E-state index contributed by atoms with van der Waals surface area (Å²) in [5.41, 5.74) is 8.89. The number of carbonyl (C=O) groups excluding carboxylic acids is 1. The molecule has 1 atom stereocenters. The first-order chi connectivity index (χ1) is 9.45. The fourth-order valence-corrected chi connectivity index (χ4v) is 2.45. The van der Waals surface area contributed by atoms with Gasteiger partial charge in [0, 0.05) is 17.8 Å². The first-order valence-corrected chi connectivity index (χ1v) is 7.06. The van der Waals surface area contributed by atoms with Gasteiger partial charge in [0.2, 0.25) is 5.91 Å². The Hall–Kier alpha value is -1.81. The van der Waals surface area contributed by atoms with E-state index in [1.165, 1.54) is 5.39 Å². The van der Waals surface area contributed by atoms with Gasteiger partial charge in [-0.3, -0.25) is 4.79 Å². The largest absolute Gasteiger partial charge is 0.368 e. The Morgan fingerprint density at radius 1 is 1.35 bits per heavy atom. The van der Waals surface area contributed by atoms with Crippen LogP contribution >= 0.6 is 0 Å². The molecule has 4 nitrogen and oxygen atoms in total. The van der Waals surface area contributed by atoms with E-state index in [9.17, 15) is 4.79 Å². The first-order valence-electron chi connectivity index (χ1n) is 7.06. The molecule has 0 saturated carbocycles. The second kappa shape index (κ2) is 6.09. The van der Waals surface area contributed by atoms with Crippen LogP contribution in [-0.4, -0.2) is 16.9 Å². The van der Waals surface area contributed by atoms with Crippen molar-refractivity contribution in [2.24, 2.45) is 11.7 Å². The third-order valence-electron chi connectivity index (χ3n) is 3.42. The molecule has 0 spiro atoms. The number of H-pyrrole nitrogens is 1. The Kier molecular flexibility index (Phi) is 4.45. The second-order valence-electron chi connectivity index (χ2n) is 5.84. The highest BCUT2D eigenvalue weighted by Crippen LogP contribution is 2.17. The van der Waals surface area contributed by atoms with Crippen LogP contribution in [-0.2, 0) is 11.3 Å². The number of aromatic nitrogens is 1. The molecule has 0 bridgehead atoms. The van der Waals surface area contributed by atoms with Crippen molar-refractivity contribution in [3.05, 3.63) is 35.5 Å². The Morgan fingerprint density at radius 3 is 2.75 bits per heavy atom. The summed E-state index contributed by atoms with van der Waals surface area (Å²) in [5, 5.41) is 4.45. The maximum atomic E-state index is 11.4. The molecule has 0 aliphatic carbocycles. The van der Waals surface area contributed by atoms with E-state index in [0.717, 1.165) is 23.2 Å². The van der Waals surface area contributed by atoms with Crippen LogP contribution in [0.2, 0.25) is 0 Å². The van der Waals surface area contributed by atoms with Crippen molar-refractivity contribution in [2.45, 2.75) is 39.8 Å². The van der Waals surface area contributed by atoms with Crippen molar-refractivity contribution in [1.82, 2.24) is 10.3 Å². The maximum absolute atomic E-state index is 11.4. The van der Waals surface area contributed by atoms with Gasteiger partial charge in [-0.15, -0.1) is 0 Å². The van der Waals surface area contributed by atoms with Crippen LogP contribution < -0.4 is 11.1 Å². The van der Waals surface area contributed by atoms with Gasteiger partial charge in [0.1, 0.15) is 0 Å². The van der Waals surface area contributed by atoms with E-state index >= 15 is 0 Å². The number of aromatic amines is 1. The molecule has 1 heterocycles. The molecule has 4 N–H and O–H groups in total. The molecule has 4 heteroatoms. The molecule has 0 saturated heterocycles. The van der Waals surface area contributed by atoms with Crippen LogP contribution in [0.25, 0.3) is 10.9 Å². The molecule has 0 radical (unpaired) electrons. The van der Waals surface area contributed by atoms with Gasteiger partial charge in [-0.1, -0.05) is 19.9 Å². The van der Waals surface area contributed by atoms with Gasteiger partial charge >= 0.3 is 0 Å². The number of nitrogens with two attached hydrogens (primary N) is 1. The Bertz CT molecular complexity index is 601. The third-order valence-corrected chi connectivity index (χ3v) is 3.42. The zero-order valence-corrected chi connectivity index (χ0v) is 12.4. The molecule has 0 aliphatic heterocycles. The first kappa shape index (κ1) is 14.6. The van der Waals surface area contributed by atoms with Crippen molar-refractivity contribution in [3.63, 3.8) is 0 Å². The smallest absolute Gasteiger partial charge is 0.234 e. The Labute approximate surface area is 119 Å². The molecule has 108 valence electrons. The number of nitrogens with one attached hydrogen (secondary N) is 2. The lowest BCUT2D eigenvalue weighted by molar-refractivity contribution is -0.120. The lowest BCUT2D eigenvalue weighted by Crippen LogP contribution is -2.41. The molecule has 1 aromatic heterocycles. The van der Waals surface area contributed by atoms with Crippen LogP contribution in [0.5, 0.6) is 0 Å². The zero-order valence-electron chi connectivity index (χ0n) is 12.4. The number of carbonyl (C=O) groups is 1. The van der Waals surface area contributed by atoms with Crippen molar-refractivity contribution in [2.75, 3.05) is 0 Å². The average Bonchev–Trinajstić information content (AvgIpc) is 2.72. The molecule has 1 amide bonds. The summed E-state index contributed by atoms with van der Waals surface area (Å²) in [4.78, 5) is 14.7. The molecule has 2 aromatic rings. The van der Waals surface area contributed by atoms with Gasteiger partial charge in [-0.05, 0) is 48.4 Å². The summed E-state index contributed by atoms with van der Waals surface area (Å²) in [7, 11) is 0. The van der Waals surface area contributed by atoms with E-state index in [1.54, 1.807) is 0 Å². The predicted molar refractivity (Wildman–Crippen MR) is 82.3 cm³/mol. The number of amides is 1. The van der Waals surface area contributed by atoms with Crippen LogP contribution in [0.4, 0.5) is 0 Å². The van der Waals surface area contributed by atoms with E-state index in [-0.39, 0.29) is 11.9 Å². The molecule has 20 heavy (non-hydrogen) atoms. The van der Waals surface area contributed by atoms with E-state index < -0.39 is 0 Å². The van der Waals surface area contributed by atoms with Crippen molar-refractivity contribution >= 4 is 16.8 Å². The summed E-state index contributed by atoms with van der Waals surface area (Å²) in [6.07, 6.45) is 0.765. The normalized spacial score (nSPS) is 13.0. The fraction of sp³-hybridized carbons (Fsp3) is 0.438. The van der Waals surface area contributed by atoms with Crippen LogP contribution in [0.3, 0.4) is 0 Å². The fourth-order valence-electron chi connectivity index (χ4n) is 2.45. The average molecular weight is 273 g/mol. The number of fused-ring (bicyclic) bond motifs is 1.